The van der Waals surface area contributed by atoms with Gasteiger partial charge in [0, 0.05) is 22.2 Å². The van der Waals surface area contributed by atoms with Crippen LogP contribution in [-0.4, -0.2) is 29.3 Å². The molecule has 0 aliphatic heterocycles. The van der Waals surface area contributed by atoms with Gasteiger partial charge in [-0.3, -0.25) is 9.59 Å². The summed E-state index contributed by atoms with van der Waals surface area (Å²) in [6.45, 7) is 1.03. The normalized spacial score (nSPS) is 10.5. The monoisotopic (exact) mass is 424 g/mol. The molecule has 0 saturated heterocycles. The van der Waals surface area contributed by atoms with Gasteiger partial charge in [-0.1, -0.05) is 48.5 Å². The van der Waals surface area contributed by atoms with Gasteiger partial charge in [-0.05, 0) is 43.3 Å². The van der Waals surface area contributed by atoms with Crippen molar-refractivity contribution >= 4 is 34.3 Å². The number of ketones is 1. The third-order valence-electron chi connectivity index (χ3n) is 4.92. The Balaban J connectivity index is 1.51. The number of carbonyl (C=O) groups excluding carboxylic acids is 3. The summed E-state index contributed by atoms with van der Waals surface area (Å²) in [5, 5.41) is 3.30. The third-order valence-corrected chi connectivity index (χ3v) is 4.92. The molecule has 1 heterocycles. The fourth-order valence-corrected chi connectivity index (χ4v) is 3.30. The molecule has 0 aliphatic carbocycles. The molecule has 1 N–H and O–H groups in total. The first-order valence-corrected chi connectivity index (χ1v) is 10.0. The van der Waals surface area contributed by atoms with Crippen LogP contribution >= 0.6 is 0 Å². The Bertz CT molecular complexity index is 1300. The number of amides is 1. The number of hydrogen-bond acceptors (Lipinski definition) is 5. The zero-order valence-corrected chi connectivity index (χ0v) is 17.4. The van der Waals surface area contributed by atoms with Crippen molar-refractivity contribution in [3.63, 3.8) is 0 Å². The van der Waals surface area contributed by atoms with Crippen LogP contribution in [0.4, 0.5) is 5.69 Å². The van der Waals surface area contributed by atoms with Gasteiger partial charge in [-0.2, -0.15) is 0 Å². The highest BCUT2D eigenvalue weighted by atomic mass is 16.5. The minimum absolute atomic E-state index is 0.0590. The molecule has 0 bridgehead atoms. The van der Waals surface area contributed by atoms with Gasteiger partial charge in [0.05, 0.1) is 16.8 Å². The number of esters is 1. The number of carbonyl (C=O) groups is 3. The maximum atomic E-state index is 12.9. The summed E-state index contributed by atoms with van der Waals surface area (Å²) >= 11 is 0. The van der Waals surface area contributed by atoms with Gasteiger partial charge in [0.15, 0.2) is 12.4 Å². The number of ether oxygens (including phenoxy) is 1. The van der Waals surface area contributed by atoms with Crippen LogP contribution in [0.3, 0.4) is 0 Å². The summed E-state index contributed by atoms with van der Waals surface area (Å²) in [5.41, 5.74) is 3.58. The molecule has 0 saturated carbocycles. The Hall–Kier alpha value is -4.32. The van der Waals surface area contributed by atoms with E-state index in [1.165, 1.54) is 6.92 Å². The highest BCUT2D eigenvalue weighted by Gasteiger charge is 2.16. The summed E-state index contributed by atoms with van der Waals surface area (Å²) in [6, 6.07) is 25.0. The molecule has 0 fully saturated rings. The third kappa shape index (κ3) is 4.70. The average molecular weight is 424 g/mol. The number of benzene rings is 3. The van der Waals surface area contributed by atoms with E-state index >= 15 is 0 Å². The predicted octanol–water partition coefficient (Wildman–Crippen LogP) is 4.90. The molecule has 0 spiro atoms. The molecule has 6 heteroatoms. The van der Waals surface area contributed by atoms with Gasteiger partial charge < -0.3 is 10.1 Å². The molecule has 158 valence electrons. The van der Waals surface area contributed by atoms with Crippen LogP contribution in [0.5, 0.6) is 0 Å². The van der Waals surface area contributed by atoms with Crippen molar-refractivity contribution in [1.29, 1.82) is 0 Å². The Morgan fingerprint density at radius 2 is 1.56 bits per heavy atom. The topological polar surface area (TPSA) is 85.4 Å². The van der Waals surface area contributed by atoms with Gasteiger partial charge in [0.2, 0.25) is 0 Å². The number of anilines is 1. The maximum absolute atomic E-state index is 12.9. The van der Waals surface area contributed by atoms with Gasteiger partial charge >= 0.3 is 5.97 Å². The Kier molecular flexibility index (Phi) is 6.03. The second kappa shape index (κ2) is 9.22. The van der Waals surface area contributed by atoms with Crippen molar-refractivity contribution in [2.75, 3.05) is 11.9 Å². The first-order chi connectivity index (χ1) is 15.5. The van der Waals surface area contributed by atoms with E-state index in [1.54, 1.807) is 36.4 Å². The van der Waals surface area contributed by atoms with Crippen molar-refractivity contribution in [1.82, 2.24) is 4.98 Å². The lowest BCUT2D eigenvalue weighted by atomic mass is 10.0. The number of nitrogens with one attached hydrogen (secondary N) is 1. The van der Waals surface area contributed by atoms with Crippen molar-refractivity contribution in [2.45, 2.75) is 6.92 Å². The van der Waals surface area contributed by atoms with Crippen LogP contribution < -0.4 is 5.32 Å². The van der Waals surface area contributed by atoms with Gasteiger partial charge in [-0.25, -0.2) is 9.78 Å². The van der Waals surface area contributed by atoms with Gasteiger partial charge in [0.25, 0.3) is 5.91 Å². The second-order valence-electron chi connectivity index (χ2n) is 7.20. The van der Waals surface area contributed by atoms with E-state index in [0.717, 1.165) is 5.56 Å². The first kappa shape index (κ1) is 20.9. The first-order valence-electron chi connectivity index (χ1n) is 10.0. The number of Topliss-reactive ketones (excluding diaryl/α,β-unsaturated/α-hetero) is 1. The molecule has 3 aromatic carbocycles. The average Bonchev–Trinajstić information content (AvgIpc) is 2.82. The van der Waals surface area contributed by atoms with E-state index in [9.17, 15) is 14.4 Å². The number of hydrogen-bond donors (Lipinski definition) is 1. The molecule has 32 heavy (non-hydrogen) atoms. The minimum Gasteiger partial charge on any atom is -0.452 e. The van der Waals surface area contributed by atoms with Crippen LogP contribution in [0.1, 0.15) is 27.6 Å². The number of aromatic nitrogens is 1. The van der Waals surface area contributed by atoms with Crippen LogP contribution in [-0.2, 0) is 9.53 Å². The van der Waals surface area contributed by atoms with Crippen molar-refractivity contribution in [3.8, 4) is 11.3 Å². The van der Waals surface area contributed by atoms with E-state index in [0.29, 0.717) is 33.4 Å². The molecule has 0 radical (unpaired) electrons. The smallest absolute Gasteiger partial charge is 0.339 e. The molecule has 1 amide bonds. The Morgan fingerprint density at radius 1 is 0.875 bits per heavy atom. The number of rotatable bonds is 6. The molecule has 4 rings (SSSR count). The highest BCUT2D eigenvalue weighted by Crippen LogP contribution is 2.25. The zero-order valence-electron chi connectivity index (χ0n) is 17.4. The van der Waals surface area contributed by atoms with E-state index in [2.05, 4.69) is 10.3 Å². The highest BCUT2D eigenvalue weighted by molar-refractivity contribution is 6.05. The summed E-state index contributed by atoms with van der Waals surface area (Å²) in [4.78, 5) is 41.1. The fraction of sp³-hybridized carbons (Fsp3) is 0.0769. The standard InChI is InChI=1S/C26H20N2O4/c1-17(29)18-11-13-20(14-12-18)27-25(30)16-32-26(31)22-15-24(19-7-3-2-4-8-19)28-23-10-6-5-9-21(22)23/h2-15H,16H2,1H3,(H,27,30). The van der Waals surface area contributed by atoms with E-state index in [-0.39, 0.29) is 5.78 Å². The van der Waals surface area contributed by atoms with Crippen LogP contribution in [0.25, 0.3) is 22.2 Å². The Labute approximate surface area is 184 Å². The lowest BCUT2D eigenvalue weighted by Gasteiger charge is -2.10. The van der Waals surface area contributed by atoms with Crippen molar-refractivity contribution < 1.29 is 19.1 Å². The molecule has 6 nitrogen and oxygen atoms in total. The molecule has 1 aromatic heterocycles. The maximum Gasteiger partial charge on any atom is 0.339 e. The lowest BCUT2D eigenvalue weighted by Crippen LogP contribution is -2.21. The Morgan fingerprint density at radius 3 is 2.28 bits per heavy atom. The molecule has 0 aliphatic rings. The molecule has 0 atom stereocenters. The molecular weight excluding hydrogens is 404 g/mol. The largest absolute Gasteiger partial charge is 0.452 e. The van der Waals surface area contributed by atoms with E-state index in [1.807, 2.05) is 48.5 Å². The zero-order chi connectivity index (χ0) is 22.5. The van der Waals surface area contributed by atoms with Crippen molar-refractivity contribution in [2.24, 2.45) is 0 Å². The van der Waals surface area contributed by atoms with Crippen LogP contribution in [0.15, 0.2) is 84.9 Å². The van der Waals surface area contributed by atoms with E-state index < -0.39 is 18.5 Å². The summed E-state index contributed by atoms with van der Waals surface area (Å²) < 4.78 is 5.29. The summed E-state index contributed by atoms with van der Waals surface area (Å²) in [6.07, 6.45) is 0. The SMILES string of the molecule is CC(=O)c1ccc(NC(=O)COC(=O)c2cc(-c3ccccc3)nc3ccccc23)cc1. The second-order valence-corrected chi connectivity index (χ2v) is 7.20. The minimum atomic E-state index is -0.608. The van der Waals surface area contributed by atoms with Gasteiger partial charge in [-0.15, -0.1) is 0 Å². The number of pyridine rings is 1. The number of nitrogens with zero attached hydrogens (tertiary/aromatic N) is 1. The molecule has 4 aromatic rings. The molecular formula is C26H20N2O4. The summed E-state index contributed by atoms with van der Waals surface area (Å²) in [7, 11) is 0. The lowest BCUT2D eigenvalue weighted by molar-refractivity contribution is -0.119. The van der Waals surface area contributed by atoms with Crippen molar-refractivity contribution in [3.05, 3.63) is 96.1 Å². The van der Waals surface area contributed by atoms with E-state index in [4.69, 9.17) is 4.74 Å². The quantitative estimate of drug-likeness (QED) is 0.351. The fourth-order valence-electron chi connectivity index (χ4n) is 3.30. The number of fused-ring (bicyclic) bond motifs is 1. The van der Waals surface area contributed by atoms with Crippen LogP contribution in [0, 0.1) is 0 Å². The summed E-state index contributed by atoms with van der Waals surface area (Å²) in [5.74, 6) is -1.14. The van der Waals surface area contributed by atoms with Gasteiger partial charge in [0.1, 0.15) is 0 Å². The van der Waals surface area contributed by atoms with Crippen LogP contribution in [0.2, 0.25) is 0 Å². The molecule has 0 unspecified atom stereocenters. The predicted molar refractivity (Wildman–Crippen MR) is 123 cm³/mol. The number of para-hydroxylation sites is 1.